The summed E-state index contributed by atoms with van der Waals surface area (Å²) in [6.07, 6.45) is -2.54. The summed E-state index contributed by atoms with van der Waals surface area (Å²) in [6.45, 7) is 5.08. The molecule has 206 valence electrons. The zero-order valence-corrected chi connectivity index (χ0v) is 22.0. The number of aryl methyl sites for hydroxylation is 1. The second kappa shape index (κ2) is 10.1. The van der Waals surface area contributed by atoms with Gasteiger partial charge in [0.1, 0.15) is 18.1 Å². The number of amides is 2. The molecule has 1 aliphatic carbocycles. The number of nitrogens with zero attached hydrogens (tertiary/aromatic N) is 5. The molecule has 2 amide bonds. The monoisotopic (exact) mass is 555 g/mol. The molecule has 7 nitrogen and oxygen atoms in total. The van der Waals surface area contributed by atoms with Crippen LogP contribution in [0.3, 0.4) is 0 Å². The fourth-order valence-electron chi connectivity index (χ4n) is 5.73. The average molecular weight is 556 g/mol. The number of hydrogen-bond acceptors (Lipinski definition) is 4. The highest BCUT2D eigenvalue weighted by atomic mass is 35.5. The van der Waals surface area contributed by atoms with E-state index in [1.807, 2.05) is 0 Å². The zero-order valence-electron chi connectivity index (χ0n) is 21.3. The van der Waals surface area contributed by atoms with Gasteiger partial charge >= 0.3 is 6.18 Å². The van der Waals surface area contributed by atoms with Crippen LogP contribution in [0.4, 0.5) is 17.6 Å². The van der Waals surface area contributed by atoms with Gasteiger partial charge in [0.25, 0.3) is 0 Å². The molecule has 2 aromatic rings. The van der Waals surface area contributed by atoms with Crippen LogP contribution in [-0.2, 0) is 22.3 Å². The number of hydrogen-bond donors (Lipinski definition) is 0. The summed E-state index contributed by atoms with van der Waals surface area (Å²) < 4.78 is 56.6. The maximum atomic E-state index is 14.6. The van der Waals surface area contributed by atoms with E-state index in [0.29, 0.717) is 54.4 Å². The van der Waals surface area contributed by atoms with Gasteiger partial charge in [0.15, 0.2) is 0 Å². The number of benzene rings is 1. The Morgan fingerprint density at radius 1 is 1.05 bits per heavy atom. The number of likely N-dealkylation sites (tertiary alicyclic amines) is 1. The van der Waals surface area contributed by atoms with Crippen LogP contribution in [0.5, 0.6) is 0 Å². The first-order chi connectivity index (χ1) is 17.9. The van der Waals surface area contributed by atoms with Gasteiger partial charge in [0.05, 0.1) is 11.7 Å². The van der Waals surface area contributed by atoms with Crippen molar-refractivity contribution in [3.8, 4) is 0 Å². The first kappa shape index (κ1) is 26.9. The van der Waals surface area contributed by atoms with E-state index in [9.17, 15) is 27.2 Å². The minimum Gasteiger partial charge on any atom is -0.340 e. The third kappa shape index (κ3) is 5.27. The number of carbonyl (C=O) groups excluding carboxylic acids is 2. The topological polar surface area (TPSA) is 61.7 Å². The van der Waals surface area contributed by atoms with Gasteiger partial charge in [-0.2, -0.15) is 18.3 Å². The number of piperazine rings is 1. The van der Waals surface area contributed by atoms with Crippen molar-refractivity contribution >= 4 is 23.4 Å². The summed E-state index contributed by atoms with van der Waals surface area (Å²) >= 11 is 6.63. The molecule has 2 aliphatic heterocycles. The van der Waals surface area contributed by atoms with Gasteiger partial charge < -0.3 is 9.80 Å². The predicted octanol–water partition coefficient (Wildman–Crippen LogP) is 4.39. The molecular weight excluding hydrogens is 526 g/mol. The number of carbonyl (C=O) groups is 2. The van der Waals surface area contributed by atoms with Crippen LogP contribution >= 0.6 is 11.6 Å². The fraction of sp³-hybridized carbons (Fsp3) is 0.577. The molecule has 1 aromatic heterocycles. The van der Waals surface area contributed by atoms with Gasteiger partial charge in [-0.25, -0.2) is 4.39 Å². The Morgan fingerprint density at radius 2 is 1.74 bits per heavy atom. The number of halogens is 5. The molecule has 2 atom stereocenters. The van der Waals surface area contributed by atoms with Gasteiger partial charge in [-0.05, 0) is 55.5 Å². The third-order valence-electron chi connectivity index (χ3n) is 7.85. The molecule has 2 saturated heterocycles. The molecule has 0 bridgehead atoms. The molecule has 38 heavy (non-hydrogen) atoms. The van der Waals surface area contributed by atoms with Crippen molar-refractivity contribution < 1.29 is 27.2 Å². The van der Waals surface area contributed by atoms with Crippen molar-refractivity contribution in [3.63, 3.8) is 0 Å². The van der Waals surface area contributed by atoms with Crippen LogP contribution in [0.15, 0.2) is 18.2 Å². The molecular formula is C26H30ClF4N5O2. The van der Waals surface area contributed by atoms with Crippen LogP contribution in [0.25, 0.3) is 0 Å². The van der Waals surface area contributed by atoms with E-state index in [2.05, 4.69) is 10.00 Å². The fourth-order valence-corrected chi connectivity index (χ4v) is 5.95. The lowest BCUT2D eigenvalue weighted by atomic mass is 9.96. The van der Waals surface area contributed by atoms with E-state index in [1.54, 1.807) is 11.8 Å². The highest BCUT2D eigenvalue weighted by Crippen LogP contribution is 2.43. The minimum atomic E-state index is -4.65. The number of aromatic nitrogens is 2. The molecule has 0 unspecified atom stereocenters. The normalized spacial score (nSPS) is 22.8. The predicted molar refractivity (Wildman–Crippen MR) is 132 cm³/mol. The summed E-state index contributed by atoms with van der Waals surface area (Å²) in [7, 11) is 0. The smallest absolute Gasteiger partial charge is 0.340 e. The molecule has 1 aromatic carbocycles. The van der Waals surface area contributed by atoms with Gasteiger partial charge in [0.2, 0.25) is 11.8 Å². The Hall–Kier alpha value is -2.66. The van der Waals surface area contributed by atoms with E-state index in [0.717, 1.165) is 23.6 Å². The van der Waals surface area contributed by atoms with E-state index in [1.165, 1.54) is 24.0 Å². The molecule has 12 heteroatoms. The van der Waals surface area contributed by atoms with Crippen molar-refractivity contribution in [2.45, 2.75) is 63.8 Å². The molecule has 5 rings (SSSR count). The summed E-state index contributed by atoms with van der Waals surface area (Å²) in [5, 5.41) is 4.47. The van der Waals surface area contributed by atoms with Gasteiger partial charge in [-0.1, -0.05) is 11.6 Å². The summed E-state index contributed by atoms with van der Waals surface area (Å²) in [5.41, 5.74) is 0.360. The lowest BCUT2D eigenvalue weighted by Crippen LogP contribution is -2.53. The molecule has 1 saturated carbocycles. The second-order valence-corrected chi connectivity index (χ2v) is 10.8. The van der Waals surface area contributed by atoms with Crippen molar-refractivity contribution in [2.24, 2.45) is 0 Å². The quantitative estimate of drug-likeness (QED) is 0.514. The molecule has 3 heterocycles. The van der Waals surface area contributed by atoms with E-state index in [4.69, 9.17) is 11.6 Å². The van der Waals surface area contributed by atoms with Crippen LogP contribution in [0.1, 0.15) is 60.7 Å². The Morgan fingerprint density at radius 3 is 2.34 bits per heavy atom. The highest BCUT2D eigenvalue weighted by molar-refractivity contribution is 6.32. The first-order valence-electron chi connectivity index (χ1n) is 12.8. The van der Waals surface area contributed by atoms with Gasteiger partial charge in [-0.3, -0.25) is 19.2 Å². The lowest BCUT2D eigenvalue weighted by molar-refractivity contribution is -0.146. The molecule has 0 radical (unpaired) electrons. The Balaban J connectivity index is 1.45. The number of rotatable bonds is 5. The van der Waals surface area contributed by atoms with Crippen LogP contribution in [0, 0.1) is 12.7 Å². The van der Waals surface area contributed by atoms with E-state index >= 15 is 0 Å². The first-order valence-corrected chi connectivity index (χ1v) is 13.2. The average Bonchev–Trinajstić information content (AvgIpc) is 3.46. The van der Waals surface area contributed by atoms with Crippen molar-refractivity contribution in [1.29, 1.82) is 0 Å². The maximum absolute atomic E-state index is 14.6. The maximum Gasteiger partial charge on any atom is 0.433 e. The largest absolute Gasteiger partial charge is 0.433 e. The molecule has 0 spiro atoms. The molecule has 3 aliphatic rings. The lowest BCUT2D eigenvalue weighted by Gasteiger charge is -2.41. The second-order valence-electron chi connectivity index (χ2n) is 10.4. The van der Waals surface area contributed by atoms with Crippen LogP contribution < -0.4 is 0 Å². The summed E-state index contributed by atoms with van der Waals surface area (Å²) in [5.74, 6) is -1.05. The molecule has 0 N–H and O–H groups in total. The van der Waals surface area contributed by atoms with Crippen molar-refractivity contribution in [1.82, 2.24) is 24.5 Å². The Labute approximate surface area is 223 Å². The molecule has 3 fully saturated rings. The summed E-state index contributed by atoms with van der Waals surface area (Å²) in [4.78, 5) is 30.8. The van der Waals surface area contributed by atoms with Crippen LogP contribution in [-0.4, -0.2) is 75.1 Å². The third-order valence-corrected chi connectivity index (χ3v) is 8.37. The van der Waals surface area contributed by atoms with E-state index < -0.39 is 36.2 Å². The van der Waals surface area contributed by atoms with Crippen LogP contribution in [0.2, 0.25) is 5.02 Å². The number of alkyl halides is 3. The van der Waals surface area contributed by atoms with Crippen molar-refractivity contribution in [2.75, 3.05) is 32.7 Å². The zero-order chi connectivity index (χ0) is 27.4. The summed E-state index contributed by atoms with van der Waals surface area (Å²) in [6, 6.07) is 2.78. The highest BCUT2D eigenvalue weighted by Gasteiger charge is 2.44. The Bertz CT molecular complexity index is 1240. The van der Waals surface area contributed by atoms with Crippen molar-refractivity contribution in [3.05, 3.63) is 51.6 Å². The van der Waals surface area contributed by atoms with E-state index in [-0.39, 0.29) is 24.4 Å². The Kier molecular flexibility index (Phi) is 7.19. The van der Waals surface area contributed by atoms with Gasteiger partial charge in [-0.15, -0.1) is 0 Å². The SMILES string of the molecule is CC(=O)N1CCN([C@H]2CCN(C(=O)Cn3nc(C4CC4)cc3C(F)(F)F)[C@H]2c2cc(F)cc(C)c2Cl)CC1. The minimum absolute atomic E-state index is 0.000821. The van der Waals surface area contributed by atoms with Gasteiger partial charge in [0, 0.05) is 56.6 Å². The standard InChI is InChI=1S/C26H30ClF4N5O2/c1-15-11-18(28)12-19(24(15)27)25-21(34-9-7-33(8-10-34)16(2)37)5-6-35(25)23(38)14-36-22(26(29,30)31)13-20(32-36)17-3-4-17/h11-13,17,21,25H,3-10,14H2,1-2H3/t21-,25-/m0/s1.